The Hall–Kier alpha value is -3.48. The van der Waals surface area contributed by atoms with E-state index in [4.69, 9.17) is 0 Å². The normalized spacial score (nSPS) is 12.8. The van der Waals surface area contributed by atoms with Gasteiger partial charge in [0.25, 0.3) is 0 Å². The Morgan fingerprint density at radius 1 is 0.487 bits per heavy atom. The van der Waals surface area contributed by atoms with Crippen LogP contribution in [0.1, 0.15) is 5.56 Å². The molecule has 0 saturated carbocycles. The standard InChI is InChI=1S/C34H37NO2P2/c1-38(29-15-7-3-8-16-29,30-17-9-4-10-18-30)35(26-25-28-23-24-33(36)34(37)27-28)39(2,31-19-11-5-12-20-31)32-21-13-6-14-22-32/h3-24,27,36-39H,25-26H2,1-2H3. The van der Waals surface area contributed by atoms with E-state index in [1.165, 1.54) is 21.2 Å². The fourth-order valence-corrected chi connectivity index (χ4v) is 17.4. The fraction of sp³-hybridized carbons (Fsp3) is 0.118. The molecule has 0 spiro atoms. The van der Waals surface area contributed by atoms with Crippen LogP contribution >= 0.6 is 14.8 Å². The van der Waals surface area contributed by atoms with Crippen LogP contribution < -0.4 is 21.2 Å². The number of nitrogens with zero attached hydrogens (tertiary/aromatic N) is 1. The molecule has 0 aliphatic rings. The molecule has 0 aliphatic carbocycles. The predicted octanol–water partition coefficient (Wildman–Crippen LogP) is 5.83. The molecular weight excluding hydrogens is 516 g/mol. The third-order valence-corrected chi connectivity index (χ3v) is 19.2. The van der Waals surface area contributed by atoms with Crippen LogP contribution in [-0.4, -0.2) is 34.5 Å². The van der Waals surface area contributed by atoms with Gasteiger partial charge in [0, 0.05) is 0 Å². The van der Waals surface area contributed by atoms with E-state index < -0.39 is 14.8 Å². The van der Waals surface area contributed by atoms with Crippen LogP contribution in [0.4, 0.5) is 0 Å². The number of benzene rings is 5. The first-order valence-electron chi connectivity index (χ1n) is 13.4. The second-order valence-electron chi connectivity index (χ2n) is 10.3. The zero-order chi connectivity index (χ0) is 27.3. The van der Waals surface area contributed by atoms with Gasteiger partial charge in [-0.15, -0.1) is 0 Å². The van der Waals surface area contributed by atoms with Crippen molar-refractivity contribution in [2.24, 2.45) is 0 Å². The van der Waals surface area contributed by atoms with Gasteiger partial charge >= 0.3 is 234 Å². The number of hydrogen-bond donors (Lipinski definition) is 2. The molecule has 0 aliphatic heterocycles. The molecule has 0 aromatic heterocycles. The molecule has 0 amide bonds. The van der Waals surface area contributed by atoms with Crippen LogP contribution in [0.5, 0.6) is 11.5 Å². The Bertz CT molecular complexity index is 1330. The van der Waals surface area contributed by atoms with E-state index in [1.54, 1.807) is 12.1 Å². The van der Waals surface area contributed by atoms with E-state index >= 15 is 0 Å². The summed E-state index contributed by atoms with van der Waals surface area (Å²) in [5.74, 6) is -0.160. The van der Waals surface area contributed by atoms with Crippen molar-refractivity contribution in [2.45, 2.75) is 6.42 Å². The molecule has 3 nitrogen and oxygen atoms in total. The second-order valence-corrected chi connectivity index (χ2v) is 18.5. The van der Waals surface area contributed by atoms with Crippen molar-refractivity contribution in [3.63, 3.8) is 0 Å². The van der Waals surface area contributed by atoms with Crippen LogP contribution in [0.3, 0.4) is 0 Å². The van der Waals surface area contributed by atoms with Gasteiger partial charge < -0.3 is 0 Å². The Morgan fingerprint density at radius 3 is 1.18 bits per heavy atom. The number of phenols is 2. The first-order valence-corrected chi connectivity index (χ1v) is 18.3. The van der Waals surface area contributed by atoms with E-state index in [9.17, 15) is 10.2 Å². The quantitative estimate of drug-likeness (QED) is 0.178. The molecule has 5 heteroatoms. The SMILES string of the molecule is C[PH](c1ccccc1)(c1ccccc1)N(CCc1ccc(O)c(O)c1)[PH](C)(c1ccccc1)c1ccccc1. The Balaban J connectivity index is 1.76. The van der Waals surface area contributed by atoms with E-state index in [0.29, 0.717) is 0 Å². The third kappa shape index (κ3) is 5.36. The molecule has 2 N–H and O–H groups in total. The maximum atomic E-state index is 10.3. The fourth-order valence-electron chi connectivity index (χ4n) is 5.87. The van der Waals surface area contributed by atoms with Gasteiger partial charge in [-0.1, -0.05) is 0 Å². The van der Waals surface area contributed by atoms with Crippen molar-refractivity contribution in [2.75, 3.05) is 19.9 Å². The first kappa shape index (κ1) is 27.1. The monoisotopic (exact) mass is 553 g/mol. The zero-order valence-corrected chi connectivity index (χ0v) is 24.5. The predicted molar refractivity (Wildman–Crippen MR) is 173 cm³/mol. The van der Waals surface area contributed by atoms with Crippen molar-refractivity contribution in [3.8, 4) is 11.5 Å². The molecule has 5 rings (SSSR count). The summed E-state index contributed by atoms with van der Waals surface area (Å²) >= 11 is 0. The molecule has 200 valence electrons. The van der Waals surface area contributed by atoms with Gasteiger partial charge in [0.1, 0.15) is 0 Å². The van der Waals surface area contributed by atoms with Crippen LogP contribution in [0.25, 0.3) is 0 Å². The zero-order valence-electron chi connectivity index (χ0n) is 22.5. The van der Waals surface area contributed by atoms with Crippen molar-refractivity contribution in [3.05, 3.63) is 145 Å². The van der Waals surface area contributed by atoms with Crippen molar-refractivity contribution < 1.29 is 10.2 Å². The topological polar surface area (TPSA) is 43.7 Å². The summed E-state index contributed by atoms with van der Waals surface area (Å²) in [5, 5.41) is 25.7. The molecule has 0 atom stereocenters. The molecule has 0 bridgehead atoms. The van der Waals surface area contributed by atoms with Crippen LogP contribution in [0.15, 0.2) is 140 Å². The minimum absolute atomic E-state index is 0.0729. The van der Waals surface area contributed by atoms with E-state index in [0.717, 1.165) is 18.5 Å². The summed E-state index contributed by atoms with van der Waals surface area (Å²) in [7, 11) is -5.05. The number of hydrogen-bond acceptors (Lipinski definition) is 3. The Labute approximate surface area is 233 Å². The Morgan fingerprint density at radius 2 is 0.846 bits per heavy atom. The molecule has 0 heterocycles. The van der Waals surface area contributed by atoms with E-state index in [-0.39, 0.29) is 11.5 Å². The summed E-state index contributed by atoms with van der Waals surface area (Å²) in [5.41, 5.74) is 1.00. The summed E-state index contributed by atoms with van der Waals surface area (Å²) in [4.78, 5) is 0. The summed E-state index contributed by atoms with van der Waals surface area (Å²) < 4.78 is 2.87. The van der Waals surface area contributed by atoms with Crippen molar-refractivity contribution >= 4 is 36.0 Å². The van der Waals surface area contributed by atoms with Gasteiger partial charge in [-0.3, -0.25) is 0 Å². The summed E-state index contributed by atoms with van der Waals surface area (Å²) in [6.07, 6.45) is 0.748. The van der Waals surface area contributed by atoms with Gasteiger partial charge in [0.15, 0.2) is 0 Å². The first-order chi connectivity index (χ1) is 18.9. The number of aromatic hydroxyl groups is 2. The van der Waals surface area contributed by atoms with E-state index in [1.807, 2.05) is 6.07 Å². The van der Waals surface area contributed by atoms with Gasteiger partial charge in [-0.05, 0) is 0 Å². The number of phenolic OH excluding ortho intramolecular Hbond substituents is 2. The van der Waals surface area contributed by atoms with Gasteiger partial charge in [0.05, 0.1) is 0 Å². The van der Waals surface area contributed by atoms with Crippen molar-refractivity contribution in [1.29, 1.82) is 0 Å². The second kappa shape index (κ2) is 11.7. The average molecular weight is 554 g/mol. The minimum atomic E-state index is -2.53. The third-order valence-electron chi connectivity index (χ3n) is 8.09. The van der Waals surface area contributed by atoms with Crippen molar-refractivity contribution in [1.82, 2.24) is 4.44 Å². The summed E-state index contributed by atoms with van der Waals surface area (Å²) in [6.45, 7) is 5.79. The molecule has 5 aromatic rings. The maximum absolute atomic E-state index is 10.3. The molecule has 0 unspecified atom stereocenters. The average Bonchev–Trinajstić information content (AvgIpc) is 3.00. The summed E-state index contributed by atoms with van der Waals surface area (Å²) in [6, 6.07) is 49.2. The molecule has 5 aromatic carbocycles. The molecule has 39 heavy (non-hydrogen) atoms. The van der Waals surface area contributed by atoms with Crippen LogP contribution in [-0.2, 0) is 6.42 Å². The molecular formula is C34H37NO2P2. The Kier molecular flexibility index (Phi) is 8.15. The van der Waals surface area contributed by atoms with Gasteiger partial charge in [-0.25, -0.2) is 0 Å². The van der Waals surface area contributed by atoms with E-state index in [2.05, 4.69) is 139 Å². The van der Waals surface area contributed by atoms with Gasteiger partial charge in [0.2, 0.25) is 0 Å². The molecule has 0 radical (unpaired) electrons. The van der Waals surface area contributed by atoms with Crippen LogP contribution in [0.2, 0.25) is 0 Å². The van der Waals surface area contributed by atoms with Crippen LogP contribution in [0, 0.1) is 0 Å². The molecule has 0 fully saturated rings. The number of rotatable bonds is 9. The molecule has 0 saturated heterocycles. The van der Waals surface area contributed by atoms with Gasteiger partial charge in [-0.2, -0.15) is 0 Å².